The van der Waals surface area contributed by atoms with E-state index < -0.39 is 0 Å². The van der Waals surface area contributed by atoms with Crippen molar-refractivity contribution in [3.8, 4) is 0 Å². The molecule has 1 aromatic rings. The van der Waals surface area contributed by atoms with E-state index in [1.807, 2.05) is 0 Å². The van der Waals surface area contributed by atoms with E-state index in [0.717, 1.165) is 19.4 Å². The Labute approximate surface area is 111 Å². The summed E-state index contributed by atoms with van der Waals surface area (Å²) in [7, 11) is 0. The first-order valence-corrected chi connectivity index (χ1v) is 6.37. The molecule has 0 aromatic heterocycles. The largest absolute Gasteiger partial charge is 0.329 e. The second-order valence-electron chi connectivity index (χ2n) is 4.50. The van der Waals surface area contributed by atoms with Gasteiger partial charge in [0.1, 0.15) is 0 Å². The molecule has 5 nitrogen and oxygen atoms in total. The zero-order valence-corrected chi connectivity index (χ0v) is 10.8. The minimum Gasteiger partial charge on any atom is -0.329 e. The number of benzene rings is 1. The van der Waals surface area contributed by atoms with Crippen LogP contribution in [0.4, 0.5) is 5.69 Å². The van der Waals surface area contributed by atoms with Crippen LogP contribution < -0.4 is 5.73 Å². The Morgan fingerprint density at radius 1 is 1.56 bits per heavy atom. The van der Waals surface area contributed by atoms with Crippen LogP contribution in [0.2, 0.25) is 5.02 Å². The van der Waals surface area contributed by atoms with Gasteiger partial charge in [-0.2, -0.15) is 0 Å². The summed E-state index contributed by atoms with van der Waals surface area (Å²) >= 11 is 6.08. The van der Waals surface area contributed by atoms with Crippen LogP contribution in [-0.4, -0.2) is 29.0 Å². The maximum absolute atomic E-state index is 11.0. The Morgan fingerprint density at radius 2 is 2.33 bits per heavy atom. The average Bonchev–Trinajstić information content (AvgIpc) is 2.78. The zero-order valence-electron chi connectivity index (χ0n) is 10.0. The number of hydrogen-bond acceptors (Lipinski definition) is 4. The molecule has 1 atom stereocenters. The van der Waals surface area contributed by atoms with E-state index in [0.29, 0.717) is 29.7 Å². The molecule has 1 fully saturated rings. The lowest BCUT2D eigenvalue weighted by Gasteiger charge is -2.23. The van der Waals surface area contributed by atoms with Crippen molar-refractivity contribution in [2.75, 3.05) is 13.1 Å². The van der Waals surface area contributed by atoms with E-state index in [2.05, 4.69) is 4.90 Å². The van der Waals surface area contributed by atoms with E-state index in [-0.39, 0.29) is 10.6 Å². The minimum atomic E-state index is -0.380. The highest BCUT2D eigenvalue weighted by atomic mass is 35.5. The molecular formula is C12H16ClN3O2. The molecule has 0 spiro atoms. The number of hydrogen-bond donors (Lipinski definition) is 1. The van der Waals surface area contributed by atoms with E-state index in [4.69, 9.17) is 17.3 Å². The van der Waals surface area contributed by atoms with Gasteiger partial charge in [-0.1, -0.05) is 17.7 Å². The number of nitro groups is 1. The first-order chi connectivity index (χ1) is 8.63. The molecule has 0 radical (unpaired) electrons. The Hall–Kier alpha value is -1.17. The van der Waals surface area contributed by atoms with Gasteiger partial charge in [0, 0.05) is 25.2 Å². The topological polar surface area (TPSA) is 72.4 Å². The van der Waals surface area contributed by atoms with Crippen LogP contribution in [0, 0.1) is 10.1 Å². The normalized spacial score (nSPS) is 20.2. The quantitative estimate of drug-likeness (QED) is 0.672. The summed E-state index contributed by atoms with van der Waals surface area (Å²) in [6.07, 6.45) is 2.13. The van der Waals surface area contributed by atoms with Crippen molar-refractivity contribution in [1.29, 1.82) is 0 Å². The summed E-state index contributed by atoms with van der Waals surface area (Å²) < 4.78 is 0. The summed E-state index contributed by atoms with van der Waals surface area (Å²) in [5, 5.41) is 11.5. The summed E-state index contributed by atoms with van der Waals surface area (Å²) in [5.74, 6) is 0. The molecule has 6 heteroatoms. The van der Waals surface area contributed by atoms with E-state index in [1.54, 1.807) is 12.1 Å². The van der Waals surface area contributed by atoms with Crippen LogP contribution in [0.15, 0.2) is 18.2 Å². The van der Waals surface area contributed by atoms with Gasteiger partial charge in [0.15, 0.2) is 0 Å². The number of nitrogens with zero attached hydrogens (tertiary/aromatic N) is 2. The summed E-state index contributed by atoms with van der Waals surface area (Å²) in [6.45, 7) is 2.00. The molecule has 1 heterocycles. The highest BCUT2D eigenvalue weighted by Gasteiger charge is 2.26. The molecule has 18 heavy (non-hydrogen) atoms. The van der Waals surface area contributed by atoms with Crippen LogP contribution in [-0.2, 0) is 6.54 Å². The van der Waals surface area contributed by atoms with Crippen molar-refractivity contribution < 1.29 is 4.92 Å². The molecule has 1 aliphatic rings. The highest BCUT2D eigenvalue weighted by Crippen LogP contribution is 2.30. The molecule has 0 aliphatic carbocycles. The van der Waals surface area contributed by atoms with Gasteiger partial charge in [0.05, 0.1) is 15.5 Å². The minimum absolute atomic E-state index is 0.0881. The van der Waals surface area contributed by atoms with Crippen molar-refractivity contribution in [3.05, 3.63) is 38.9 Å². The van der Waals surface area contributed by atoms with Crippen LogP contribution in [0.25, 0.3) is 0 Å². The Morgan fingerprint density at radius 3 is 3.00 bits per heavy atom. The number of halogens is 1. The Kier molecular flexibility index (Phi) is 4.16. The van der Waals surface area contributed by atoms with Gasteiger partial charge < -0.3 is 5.73 Å². The van der Waals surface area contributed by atoms with Gasteiger partial charge in [-0.3, -0.25) is 15.0 Å². The first kappa shape index (κ1) is 13.3. The number of rotatable bonds is 4. The highest BCUT2D eigenvalue weighted by molar-refractivity contribution is 6.31. The maximum Gasteiger partial charge on any atom is 0.275 e. The van der Waals surface area contributed by atoms with Crippen molar-refractivity contribution in [1.82, 2.24) is 4.90 Å². The van der Waals surface area contributed by atoms with Gasteiger partial charge in [0.2, 0.25) is 0 Å². The van der Waals surface area contributed by atoms with Crippen molar-refractivity contribution in [2.45, 2.75) is 25.4 Å². The van der Waals surface area contributed by atoms with Gasteiger partial charge in [-0.05, 0) is 25.5 Å². The molecule has 0 saturated carbocycles. The third-order valence-corrected chi connectivity index (χ3v) is 3.78. The average molecular weight is 270 g/mol. The SMILES string of the molecule is NCC1CCCN1Cc1c(Cl)cccc1[N+](=O)[O-]. The lowest BCUT2D eigenvalue weighted by molar-refractivity contribution is -0.385. The van der Waals surface area contributed by atoms with Crippen molar-refractivity contribution >= 4 is 17.3 Å². The van der Waals surface area contributed by atoms with Crippen LogP contribution >= 0.6 is 11.6 Å². The van der Waals surface area contributed by atoms with E-state index in [9.17, 15) is 10.1 Å². The zero-order chi connectivity index (χ0) is 13.1. The molecule has 98 valence electrons. The summed E-state index contributed by atoms with van der Waals surface area (Å²) in [6, 6.07) is 5.10. The second-order valence-corrected chi connectivity index (χ2v) is 4.90. The molecule has 1 aromatic carbocycles. The fourth-order valence-corrected chi connectivity index (χ4v) is 2.68. The van der Waals surface area contributed by atoms with E-state index in [1.165, 1.54) is 6.07 Å². The van der Waals surface area contributed by atoms with Gasteiger partial charge in [-0.25, -0.2) is 0 Å². The maximum atomic E-state index is 11.0. The third-order valence-electron chi connectivity index (χ3n) is 3.42. The molecule has 0 amide bonds. The van der Waals surface area contributed by atoms with Crippen LogP contribution in [0.5, 0.6) is 0 Å². The number of nitro benzene ring substituents is 1. The smallest absolute Gasteiger partial charge is 0.275 e. The second kappa shape index (κ2) is 5.65. The lowest BCUT2D eigenvalue weighted by atomic mass is 10.1. The fourth-order valence-electron chi connectivity index (χ4n) is 2.45. The predicted molar refractivity (Wildman–Crippen MR) is 70.6 cm³/mol. The molecule has 2 N–H and O–H groups in total. The molecule has 1 unspecified atom stereocenters. The third kappa shape index (κ3) is 2.63. The standard InChI is InChI=1S/C12H16ClN3O2/c13-11-4-1-5-12(16(17)18)10(11)8-15-6-2-3-9(15)7-14/h1,4-5,9H,2-3,6-8,14H2. The molecule has 1 aliphatic heterocycles. The van der Waals surface area contributed by atoms with E-state index >= 15 is 0 Å². The molecule has 1 saturated heterocycles. The van der Waals surface area contributed by atoms with Crippen molar-refractivity contribution in [3.63, 3.8) is 0 Å². The van der Waals surface area contributed by atoms with Gasteiger partial charge in [-0.15, -0.1) is 0 Å². The monoisotopic (exact) mass is 269 g/mol. The molecule has 0 bridgehead atoms. The van der Waals surface area contributed by atoms with Gasteiger partial charge in [0.25, 0.3) is 5.69 Å². The first-order valence-electron chi connectivity index (χ1n) is 5.99. The molecular weight excluding hydrogens is 254 g/mol. The fraction of sp³-hybridized carbons (Fsp3) is 0.500. The Balaban J connectivity index is 2.25. The Bertz CT molecular complexity index is 453. The predicted octanol–water partition coefficient (Wildman–Crippen LogP) is 2.17. The summed E-state index contributed by atoms with van der Waals surface area (Å²) in [4.78, 5) is 12.8. The van der Waals surface area contributed by atoms with Gasteiger partial charge >= 0.3 is 0 Å². The van der Waals surface area contributed by atoms with Crippen LogP contribution in [0.1, 0.15) is 18.4 Å². The number of likely N-dealkylation sites (tertiary alicyclic amines) is 1. The summed E-state index contributed by atoms with van der Waals surface area (Å²) in [5.41, 5.74) is 6.38. The number of nitrogens with two attached hydrogens (primary N) is 1. The van der Waals surface area contributed by atoms with Crippen LogP contribution in [0.3, 0.4) is 0 Å². The lowest BCUT2D eigenvalue weighted by Crippen LogP contribution is -2.35. The van der Waals surface area contributed by atoms with Crippen molar-refractivity contribution in [2.24, 2.45) is 5.73 Å². The molecule has 2 rings (SSSR count).